The van der Waals surface area contributed by atoms with E-state index >= 15 is 0 Å². The van der Waals surface area contributed by atoms with Crippen molar-refractivity contribution in [2.75, 3.05) is 11.9 Å². The molecule has 1 heterocycles. The molecule has 0 fully saturated rings. The first-order valence-corrected chi connectivity index (χ1v) is 8.33. The van der Waals surface area contributed by atoms with Gasteiger partial charge in [0.15, 0.2) is 0 Å². The number of nitrogens with one attached hydrogen (secondary N) is 2. The van der Waals surface area contributed by atoms with E-state index in [1.165, 1.54) is 11.3 Å². The summed E-state index contributed by atoms with van der Waals surface area (Å²) in [4.78, 5) is 23.7. The van der Waals surface area contributed by atoms with E-state index in [9.17, 15) is 9.59 Å². The molecule has 4 nitrogen and oxygen atoms in total. The summed E-state index contributed by atoms with van der Waals surface area (Å²) in [6.45, 7) is 2.56. The molecule has 0 aliphatic rings. The van der Waals surface area contributed by atoms with E-state index < -0.39 is 0 Å². The summed E-state index contributed by atoms with van der Waals surface area (Å²) < 4.78 is 0. The molecule has 0 saturated heterocycles. The molecule has 0 bridgehead atoms. The number of carbonyl (C=O) groups excluding carboxylic acids is 2. The summed E-state index contributed by atoms with van der Waals surface area (Å²) in [6, 6.07) is 9.59. The number of hydrogen-bond donors (Lipinski definition) is 2. The molecule has 2 rings (SSSR count). The van der Waals surface area contributed by atoms with Gasteiger partial charge in [-0.25, -0.2) is 0 Å². The van der Waals surface area contributed by atoms with Crippen LogP contribution in [0.5, 0.6) is 0 Å². The SMILES string of the molecule is CCc1ccccc1NC(=O)CCCNC(=O)c1ccsc1. The number of anilines is 1. The number of para-hydroxylation sites is 1. The molecular weight excluding hydrogens is 296 g/mol. The van der Waals surface area contributed by atoms with Crippen LogP contribution in [0.3, 0.4) is 0 Å². The van der Waals surface area contributed by atoms with Gasteiger partial charge in [0.05, 0.1) is 0 Å². The van der Waals surface area contributed by atoms with Gasteiger partial charge in [-0.05, 0) is 35.9 Å². The van der Waals surface area contributed by atoms with Crippen LogP contribution in [0.4, 0.5) is 5.69 Å². The van der Waals surface area contributed by atoms with Crippen LogP contribution in [0.1, 0.15) is 35.7 Å². The van der Waals surface area contributed by atoms with Crippen molar-refractivity contribution in [1.82, 2.24) is 5.32 Å². The summed E-state index contributed by atoms with van der Waals surface area (Å²) in [7, 11) is 0. The monoisotopic (exact) mass is 316 g/mol. The maximum absolute atomic E-state index is 11.9. The van der Waals surface area contributed by atoms with Crippen molar-refractivity contribution >= 4 is 28.8 Å². The van der Waals surface area contributed by atoms with E-state index in [2.05, 4.69) is 17.6 Å². The Morgan fingerprint density at radius 3 is 2.73 bits per heavy atom. The number of carbonyl (C=O) groups is 2. The number of benzene rings is 1. The lowest BCUT2D eigenvalue weighted by atomic mass is 10.1. The van der Waals surface area contributed by atoms with E-state index in [1.807, 2.05) is 35.0 Å². The average molecular weight is 316 g/mol. The highest BCUT2D eigenvalue weighted by molar-refractivity contribution is 7.08. The van der Waals surface area contributed by atoms with Crippen LogP contribution in [-0.4, -0.2) is 18.4 Å². The number of rotatable bonds is 7. The smallest absolute Gasteiger partial charge is 0.252 e. The minimum absolute atomic E-state index is 0.0225. The Morgan fingerprint density at radius 1 is 1.18 bits per heavy atom. The molecule has 2 N–H and O–H groups in total. The Kier molecular flexibility index (Phi) is 6.15. The number of aryl methyl sites for hydroxylation is 1. The molecular formula is C17H20N2O2S. The average Bonchev–Trinajstić information content (AvgIpc) is 3.06. The van der Waals surface area contributed by atoms with E-state index in [-0.39, 0.29) is 11.8 Å². The molecule has 2 aromatic rings. The second-order valence-corrected chi connectivity index (χ2v) is 5.71. The molecule has 0 spiro atoms. The third-order valence-corrected chi connectivity index (χ3v) is 4.01. The van der Waals surface area contributed by atoms with Crippen LogP contribution in [0.25, 0.3) is 0 Å². The summed E-state index contributed by atoms with van der Waals surface area (Å²) in [6.07, 6.45) is 1.89. The first-order valence-electron chi connectivity index (χ1n) is 7.39. The lowest BCUT2D eigenvalue weighted by Crippen LogP contribution is -2.25. The zero-order valence-electron chi connectivity index (χ0n) is 12.6. The quantitative estimate of drug-likeness (QED) is 0.769. The van der Waals surface area contributed by atoms with Crippen LogP contribution >= 0.6 is 11.3 Å². The zero-order chi connectivity index (χ0) is 15.8. The Balaban J connectivity index is 1.71. The second kappa shape index (κ2) is 8.34. The molecule has 22 heavy (non-hydrogen) atoms. The summed E-state index contributed by atoms with van der Waals surface area (Å²) in [5, 5.41) is 9.42. The second-order valence-electron chi connectivity index (χ2n) is 4.93. The van der Waals surface area contributed by atoms with Crippen LogP contribution < -0.4 is 10.6 Å². The highest BCUT2D eigenvalue weighted by Gasteiger charge is 2.07. The largest absolute Gasteiger partial charge is 0.352 e. The van der Waals surface area contributed by atoms with Crippen molar-refractivity contribution in [1.29, 1.82) is 0 Å². The van der Waals surface area contributed by atoms with Gasteiger partial charge in [0, 0.05) is 29.6 Å². The fourth-order valence-electron chi connectivity index (χ4n) is 2.11. The van der Waals surface area contributed by atoms with Gasteiger partial charge in [0.25, 0.3) is 5.91 Å². The first-order chi connectivity index (χ1) is 10.7. The molecule has 0 atom stereocenters. The Bertz CT molecular complexity index is 623. The van der Waals surface area contributed by atoms with Crippen LogP contribution in [0, 0.1) is 0 Å². The predicted octanol–water partition coefficient (Wildman–Crippen LogP) is 3.46. The van der Waals surface area contributed by atoms with Gasteiger partial charge >= 0.3 is 0 Å². The van der Waals surface area contributed by atoms with Gasteiger partial charge < -0.3 is 10.6 Å². The van der Waals surface area contributed by atoms with Gasteiger partial charge in [0.1, 0.15) is 0 Å². The molecule has 116 valence electrons. The first kappa shape index (κ1) is 16.2. The number of amides is 2. The molecule has 0 aliphatic carbocycles. The molecule has 2 amide bonds. The molecule has 1 aromatic carbocycles. The third kappa shape index (κ3) is 4.70. The Hall–Kier alpha value is -2.14. The summed E-state index contributed by atoms with van der Waals surface area (Å²) >= 11 is 1.49. The summed E-state index contributed by atoms with van der Waals surface area (Å²) in [5.41, 5.74) is 2.67. The molecule has 1 aromatic heterocycles. The fourth-order valence-corrected chi connectivity index (χ4v) is 2.75. The lowest BCUT2D eigenvalue weighted by Gasteiger charge is -2.09. The van der Waals surface area contributed by atoms with Crippen LogP contribution in [0.2, 0.25) is 0 Å². The topological polar surface area (TPSA) is 58.2 Å². The van der Waals surface area contributed by atoms with Crippen LogP contribution in [-0.2, 0) is 11.2 Å². The molecule has 0 saturated carbocycles. The Labute approximate surface area is 134 Å². The highest BCUT2D eigenvalue weighted by Crippen LogP contribution is 2.15. The summed E-state index contributed by atoms with van der Waals surface area (Å²) in [5.74, 6) is -0.108. The van der Waals surface area contributed by atoms with Gasteiger partial charge in [-0.1, -0.05) is 25.1 Å². The Morgan fingerprint density at radius 2 is 2.00 bits per heavy atom. The van der Waals surface area contributed by atoms with Crippen molar-refractivity contribution in [2.24, 2.45) is 0 Å². The predicted molar refractivity (Wildman–Crippen MR) is 90.3 cm³/mol. The van der Waals surface area contributed by atoms with E-state index in [0.717, 1.165) is 17.7 Å². The highest BCUT2D eigenvalue weighted by atomic mass is 32.1. The number of thiophene rings is 1. The maximum Gasteiger partial charge on any atom is 0.252 e. The van der Waals surface area contributed by atoms with Gasteiger partial charge in [-0.15, -0.1) is 0 Å². The van der Waals surface area contributed by atoms with Crippen LogP contribution in [0.15, 0.2) is 41.1 Å². The normalized spacial score (nSPS) is 10.2. The van der Waals surface area contributed by atoms with E-state index in [1.54, 1.807) is 6.07 Å². The molecule has 0 unspecified atom stereocenters. The van der Waals surface area contributed by atoms with Crippen molar-refractivity contribution in [3.63, 3.8) is 0 Å². The van der Waals surface area contributed by atoms with Gasteiger partial charge in [-0.3, -0.25) is 9.59 Å². The van der Waals surface area contributed by atoms with Crippen molar-refractivity contribution < 1.29 is 9.59 Å². The van der Waals surface area contributed by atoms with E-state index in [0.29, 0.717) is 24.9 Å². The van der Waals surface area contributed by atoms with Crippen molar-refractivity contribution in [2.45, 2.75) is 26.2 Å². The number of hydrogen-bond acceptors (Lipinski definition) is 3. The van der Waals surface area contributed by atoms with Crippen molar-refractivity contribution in [3.8, 4) is 0 Å². The minimum atomic E-state index is -0.0852. The fraction of sp³-hybridized carbons (Fsp3) is 0.294. The van der Waals surface area contributed by atoms with Crippen molar-refractivity contribution in [3.05, 3.63) is 52.2 Å². The molecule has 0 radical (unpaired) electrons. The standard InChI is InChI=1S/C17H20N2O2S/c1-2-13-6-3-4-7-15(13)19-16(20)8-5-10-18-17(21)14-9-11-22-12-14/h3-4,6-7,9,11-12H,2,5,8,10H2,1H3,(H,18,21)(H,19,20). The zero-order valence-corrected chi connectivity index (χ0v) is 13.4. The third-order valence-electron chi connectivity index (χ3n) is 3.32. The van der Waals surface area contributed by atoms with E-state index in [4.69, 9.17) is 0 Å². The maximum atomic E-state index is 11.9. The lowest BCUT2D eigenvalue weighted by molar-refractivity contribution is -0.116. The molecule has 0 aliphatic heterocycles. The van der Waals surface area contributed by atoms with Gasteiger partial charge in [-0.2, -0.15) is 11.3 Å². The minimum Gasteiger partial charge on any atom is -0.352 e. The van der Waals surface area contributed by atoms with Gasteiger partial charge in [0.2, 0.25) is 5.91 Å². The molecule has 5 heteroatoms.